The fourth-order valence-corrected chi connectivity index (χ4v) is 5.49. The molecule has 180 valence electrons. The Labute approximate surface area is 200 Å². The number of rotatable bonds is 10. The SMILES string of the molecule is CC[C@H](Oc1ccc2ccccc2c1)C(=O)NCCOc1ccc(S(=O)(=O)N2CCCC2)cc1. The molecule has 1 fully saturated rings. The molecule has 1 amide bonds. The molecule has 0 bridgehead atoms. The second-order valence-electron chi connectivity index (χ2n) is 8.25. The quantitative estimate of drug-likeness (QED) is 0.442. The Kier molecular flexibility index (Phi) is 7.70. The minimum absolute atomic E-state index is 0.202. The number of nitrogens with one attached hydrogen (secondary N) is 1. The maximum atomic E-state index is 12.6. The first kappa shape index (κ1) is 24.0. The van der Waals surface area contributed by atoms with E-state index in [1.54, 1.807) is 24.3 Å². The van der Waals surface area contributed by atoms with Crippen molar-refractivity contribution >= 4 is 26.7 Å². The summed E-state index contributed by atoms with van der Waals surface area (Å²) in [5.74, 6) is 1.00. The van der Waals surface area contributed by atoms with Crippen molar-refractivity contribution in [1.29, 1.82) is 0 Å². The summed E-state index contributed by atoms with van der Waals surface area (Å²) >= 11 is 0. The van der Waals surface area contributed by atoms with Crippen LogP contribution >= 0.6 is 0 Å². The van der Waals surface area contributed by atoms with Crippen LogP contribution in [0.25, 0.3) is 10.8 Å². The Morgan fingerprint density at radius 1 is 0.971 bits per heavy atom. The average molecular weight is 483 g/mol. The van der Waals surface area contributed by atoms with Crippen molar-refractivity contribution in [3.05, 3.63) is 66.7 Å². The van der Waals surface area contributed by atoms with E-state index in [4.69, 9.17) is 9.47 Å². The highest BCUT2D eigenvalue weighted by atomic mass is 32.2. The molecule has 0 unspecified atom stereocenters. The van der Waals surface area contributed by atoms with Gasteiger partial charge in [-0.1, -0.05) is 37.3 Å². The molecule has 1 aliphatic rings. The topological polar surface area (TPSA) is 84.9 Å². The van der Waals surface area contributed by atoms with Gasteiger partial charge in [0.2, 0.25) is 10.0 Å². The van der Waals surface area contributed by atoms with Crippen LogP contribution in [0.4, 0.5) is 0 Å². The molecule has 7 nitrogen and oxygen atoms in total. The molecule has 34 heavy (non-hydrogen) atoms. The maximum Gasteiger partial charge on any atom is 0.261 e. The molecule has 1 aliphatic heterocycles. The number of fused-ring (bicyclic) bond motifs is 1. The predicted molar refractivity (Wildman–Crippen MR) is 132 cm³/mol. The van der Waals surface area contributed by atoms with Crippen LogP contribution in [0.1, 0.15) is 26.2 Å². The Bertz CT molecular complexity index is 1220. The van der Waals surface area contributed by atoms with Gasteiger partial charge in [0, 0.05) is 13.1 Å². The van der Waals surface area contributed by atoms with Gasteiger partial charge in [-0.2, -0.15) is 4.31 Å². The summed E-state index contributed by atoms with van der Waals surface area (Å²) < 4.78 is 38.3. The van der Waals surface area contributed by atoms with E-state index in [-0.39, 0.29) is 17.4 Å². The second-order valence-corrected chi connectivity index (χ2v) is 10.2. The number of nitrogens with zero attached hydrogens (tertiary/aromatic N) is 1. The smallest absolute Gasteiger partial charge is 0.261 e. The van der Waals surface area contributed by atoms with E-state index in [1.165, 1.54) is 4.31 Å². The maximum absolute atomic E-state index is 12.6. The fraction of sp³-hybridized carbons (Fsp3) is 0.346. The highest BCUT2D eigenvalue weighted by Gasteiger charge is 2.27. The van der Waals surface area contributed by atoms with E-state index in [2.05, 4.69) is 5.32 Å². The number of carbonyl (C=O) groups excluding carboxylic acids is 1. The summed E-state index contributed by atoms with van der Waals surface area (Å²) in [6.07, 6.45) is 1.74. The van der Waals surface area contributed by atoms with E-state index in [0.717, 1.165) is 23.6 Å². The Morgan fingerprint density at radius 3 is 2.35 bits per heavy atom. The molecule has 0 saturated carbocycles. The highest BCUT2D eigenvalue weighted by Crippen LogP contribution is 2.23. The minimum atomic E-state index is -3.44. The second kappa shape index (κ2) is 10.9. The van der Waals surface area contributed by atoms with Crippen LogP contribution in [0.15, 0.2) is 71.6 Å². The lowest BCUT2D eigenvalue weighted by Crippen LogP contribution is -2.39. The summed E-state index contributed by atoms with van der Waals surface area (Å²) in [5.41, 5.74) is 0. The zero-order valence-corrected chi connectivity index (χ0v) is 20.1. The number of amides is 1. The van der Waals surface area contributed by atoms with Gasteiger partial charge in [-0.05, 0) is 66.4 Å². The van der Waals surface area contributed by atoms with Gasteiger partial charge in [-0.25, -0.2) is 8.42 Å². The van der Waals surface area contributed by atoms with Gasteiger partial charge in [0.05, 0.1) is 11.4 Å². The zero-order valence-electron chi connectivity index (χ0n) is 19.3. The number of hydrogen-bond acceptors (Lipinski definition) is 5. The van der Waals surface area contributed by atoms with E-state index < -0.39 is 16.1 Å². The molecule has 1 atom stereocenters. The van der Waals surface area contributed by atoms with Gasteiger partial charge < -0.3 is 14.8 Å². The summed E-state index contributed by atoms with van der Waals surface area (Å²) in [7, 11) is -3.44. The van der Waals surface area contributed by atoms with Gasteiger partial charge in [0.15, 0.2) is 6.10 Å². The molecule has 0 radical (unpaired) electrons. The van der Waals surface area contributed by atoms with Gasteiger partial charge in [-0.3, -0.25) is 4.79 Å². The van der Waals surface area contributed by atoms with Gasteiger partial charge in [-0.15, -0.1) is 0 Å². The molecule has 3 aromatic carbocycles. The first-order valence-corrected chi connectivity index (χ1v) is 13.1. The molecule has 1 N–H and O–H groups in total. The average Bonchev–Trinajstić information content (AvgIpc) is 3.41. The van der Waals surface area contributed by atoms with E-state index >= 15 is 0 Å². The van der Waals surface area contributed by atoms with Crippen LogP contribution < -0.4 is 14.8 Å². The molecule has 0 aliphatic carbocycles. The van der Waals surface area contributed by atoms with Crippen molar-refractivity contribution in [2.75, 3.05) is 26.2 Å². The van der Waals surface area contributed by atoms with Gasteiger partial charge >= 0.3 is 0 Å². The van der Waals surface area contributed by atoms with Crippen molar-refractivity contribution in [2.45, 2.75) is 37.2 Å². The molecule has 1 heterocycles. The van der Waals surface area contributed by atoms with Crippen LogP contribution in [-0.4, -0.2) is 51.0 Å². The minimum Gasteiger partial charge on any atom is -0.492 e. The molecule has 0 aromatic heterocycles. The van der Waals surface area contributed by atoms with Crippen molar-refractivity contribution < 1.29 is 22.7 Å². The lowest BCUT2D eigenvalue weighted by Gasteiger charge is -2.18. The molecule has 8 heteroatoms. The van der Waals surface area contributed by atoms with Crippen LogP contribution in [-0.2, 0) is 14.8 Å². The number of hydrogen-bond donors (Lipinski definition) is 1. The predicted octanol–water partition coefficient (Wildman–Crippen LogP) is 3.98. The van der Waals surface area contributed by atoms with Crippen molar-refractivity contribution in [3.8, 4) is 11.5 Å². The van der Waals surface area contributed by atoms with Crippen molar-refractivity contribution in [2.24, 2.45) is 0 Å². The Hall–Kier alpha value is -3.10. The Balaban J connectivity index is 1.25. The summed E-state index contributed by atoms with van der Waals surface area (Å²) in [6, 6.07) is 20.2. The standard InChI is InChI=1S/C26H30N2O5S/c1-2-25(33-23-10-9-20-7-3-4-8-21(20)19-23)26(29)27-15-18-32-22-11-13-24(14-12-22)34(30,31)28-16-5-6-17-28/h3-4,7-14,19,25H,2,5-6,15-18H2,1H3,(H,27,29)/t25-/m0/s1. The van der Waals surface area contributed by atoms with E-state index in [1.807, 2.05) is 49.4 Å². The van der Waals surface area contributed by atoms with Crippen molar-refractivity contribution in [3.63, 3.8) is 0 Å². The van der Waals surface area contributed by atoms with Gasteiger partial charge in [0.1, 0.15) is 18.1 Å². The molecule has 4 rings (SSSR count). The van der Waals surface area contributed by atoms with Gasteiger partial charge in [0.25, 0.3) is 5.91 Å². The third kappa shape index (κ3) is 5.69. The first-order chi connectivity index (χ1) is 16.5. The van der Waals surface area contributed by atoms with Crippen LogP contribution in [0.2, 0.25) is 0 Å². The number of sulfonamides is 1. The summed E-state index contributed by atoms with van der Waals surface area (Å²) in [5, 5.41) is 5.02. The van der Waals surface area contributed by atoms with Crippen LogP contribution in [0.3, 0.4) is 0 Å². The molecule has 3 aromatic rings. The van der Waals surface area contributed by atoms with Crippen molar-refractivity contribution in [1.82, 2.24) is 9.62 Å². The molecular formula is C26H30N2O5S. The first-order valence-electron chi connectivity index (χ1n) is 11.6. The number of benzene rings is 3. The summed E-state index contributed by atoms with van der Waals surface area (Å²) in [4.78, 5) is 12.8. The number of ether oxygens (including phenoxy) is 2. The molecular weight excluding hydrogens is 452 g/mol. The van der Waals surface area contributed by atoms with Crippen LogP contribution in [0, 0.1) is 0 Å². The Morgan fingerprint density at radius 2 is 1.65 bits per heavy atom. The fourth-order valence-electron chi connectivity index (χ4n) is 3.97. The lowest BCUT2D eigenvalue weighted by atomic mass is 10.1. The zero-order chi connectivity index (χ0) is 24.0. The van der Waals surface area contributed by atoms with E-state index in [0.29, 0.717) is 37.6 Å². The van der Waals surface area contributed by atoms with E-state index in [9.17, 15) is 13.2 Å². The lowest BCUT2D eigenvalue weighted by molar-refractivity contribution is -0.128. The summed E-state index contributed by atoms with van der Waals surface area (Å²) in [6.45, 7) is 3.62. The normalized spacial score (nSPS) is 15.2. The highest BCUT2D eigenvalue weighted by molar-refractivity contribution is 7.89. The largest absolute Gasteiger partial charge is 0.492 e. The third-order valence-electron chi connectivity index (χ3n) is 5.86. The van der Waals surface area contributed by atoms with Crippen LogP contribution in [0.5, 0.6) is 11.5 Å². The third-order valence-corrected chi connectivity index (χ3v) is 7.77. The monoisotopic (exact) mass is 482 g/mol. The molecule has 0 spiro atoms. The number of carbonyl (C=O) groups is 1. The molecule has 1 saturated heterocycles.